The molecular formula is C12H16O. The van der Waals surface area contributed by atoms with Crippen LogP contribution in [0.5, 0.6) is 0 Å². The first-order valence-electron chi connectivity index (χ1n) is 4.91. The summed E-state index contributed by atoms with van der Waals surface area (Å²) < 4.78 is 5.65. The lowest BCUT2D eigenvalue weighted by molar-refractivity contribution is 0.336. The molecule has 13 heavy (non-hydrogen) atoms. The highest BCUT2D eigenvalue weighted by molar-refractivity contribution is 5.31. The van der Waals surface area contributed by atoms with Gasteiger partial charge < -0.3 is 4.74 Å². The van der Waals surface area contributed by atoms with E-state index in [1.54, 1.807) is 0 Å². The molecule has 1 heteroatoms. The summed E-state index contributed by atoms with van der Waals surface area (Å²) in [6, 6.07) is 8.48. The largest absolute Gasteiger partial charge is 0.364 e. The number of hydrogen-bond donors (Lipinski definition) is 0. The lowest BCUT2D eigenvalue weighted by atomic mass is 9.99. The van der Waals surface area contributed by atoms with Crippen LogP contribution in [-0.4, -0.2) is 6.10 Å². The highest BCUT2D eigenvalue weighted by atomic mass is 16.6. The fourth-order valence-electron chi connectivity index (χ4n) is 1.79. The maximum absolute atomic E-state index is 5.65. The lowest BCUT2D eigenvalue weighted by Crippen LogP contribution is -1.99. The van der Waals surface area contributed by atoms with Gasteiger partial charge in [-0.25, -0.2) is 0 Å². The van der Waals surface area contributed by atoms with E-state index in [-0.39, 0.29) is 0 Å². The van der Waals surface area contributed by atoms with Gasteiger partial charge in [-0.1, -0.05) is 38.1 Å². The molecule has 2 unspecified atom stereocenters. The summed E-state index contributed by atoms with van der Waals surface area (Å²) in [5.74, 6) is 0.629. The molecule has 70 valence electrons. The lowest BCUT2D eigenvalue weighted by Gasteiger charge is -2.01. The van der Waals surface area contributed by atoms with Gasteiger partial charge in [0.05, 0.1) is 6.10 Å². The molecule has 2 atom stereocenters. The predicted octanol–water partition coefficient (Wildman–Crippen LogP) is 3.09. The van der Waals surface area contributed by atoms with Gasteiger partial charge in [-0.3, -0.25) is 0 Å². The molecule has 1 heterocycles. The predicted molar refractivity (Wildman–Crippen MR) is 53.6 cm³/mol. The molecule has 0 spiro atoms. The number of epoxide rings is 1. The Morgan fingerprint density at radius 2 is 1.92 bits per heavy atom. The summed E-state index contributed by atoms with van der Waals surface area (Å²) in [5.41, 5.74) is 2.71. The van der Waals surface area contributed by atoms with Crippen molar-refractivity contribution in [2.75, 3.05) is 0 Å². The molecule has 0 aliphatic carbocycles. The van der Waals surface area contributed by atoms with Crippen LogP contribution in [0.4, 0.5) is 0 Å². The summed E-state index contributed by atoms with van der Waals surface area (Å²) in [5, 5.41) is 0. The van der Waals surface area contributed by atoms with Crippen molar-refractivity contribution in [1.82, 2.24) is 0 Å². The molecule has 0 aromatic heterocycles. The van der Waals surface area contributed by atoms with Crippen LogP contribution in [0.25, 0.3) is 0 Å². The van der Waals surface area contributed by atoms with E-state index in [1.807, 2.05) is 0 Å². The first-order valence-corrected chi connectivity index (χ1v) is 4.91. The molecule has 1 aromatic carbocycles. The van der Waals surface area contributed by atoms with E-state index in [1.165, 1.54) is 11.1 Å². The molecule has 0 saturated carbocycles. The Morgan fingerprint density at radius 1 is 1.23 bits per heavy atom. The van der Waals surface area contributed by atoms with Crippen LogP contribution in [0.3, 0.4) is 0 Å². The Hall–Kier alpha value is -0.820. The van der Waals surface area contributed by atoms with Crippen molar-refractivity contribution in [3.63, 3.8) is 0 Å². The minimum Gasteiger partial charge on any atom is -0.364 e. The molecule has 1 aliphatic rings. The van der Waals surface area contributed by atoms with Gasteiger partial charge in [-0.05, 0) is 24.0 Å². The Morgan fingerprint density at radius 3 is 2.46 bits per heavy atom. The van der Waals surface area contributed by atoms with Crippen molar-refractivity contribution < 1.29 is 4.74 Å². The average Bonchev–Trinajstić information content (AvgIpc) is 2.84. The molecule has 0 N–H and O–H groups in total. The van der Waals surface area contributed by atoms with Crippen molar-refractivity contribution in [3.8, 4) is 0 Å². The zero-order valence-corrected chi connectivity index (χ0v) is 8.45. The first-order chi connectivity index (χ1) is 6.20. The van der Waals surface area contributed by atoms with E-state index in [2.05, 4.69) is 45.0 Å². The highest BCUT2D eigenvalue weighted by Crippen LogP contribution is 2.43. The van der Waals surface area contributed by atoms with E-state index in [9.17, 15) is 0 Å². The second-order valence-electron chi connectivity index (χ2n) is 4.12. The van der Waals surface area contributed by atoms with Crippen molar-refractivity contribution in [2.45, 2.75) is 33.0 Å². The fraction of sp³-hybridized carbons (Fsp3) is 0.500. The molecule has 1 saturated heterocycles. The average molecular weight is 176 g/mol. The second-order valence-corrected chi connectivity index (χ2v) is 4.12. The standard InChI is InChI=1S/C12H16O/c1-8(2)11-12(13-11)10-7-5-4-6-9(10)3/h4-8,11-12H,1-3H3. The molecule has 1 fully saturated rings. The van der Waals surface area contributed by atoms with Gasteiger partial charge in [0.2, 0.25) is 0 Å². The maximum Gasteiger partial charge on any atom is 0.110 e. The van der Waals surface area contributed by atoms with E-state index < -0.39 is 0 Å². The van der Waals surface area contributed by atoms with E-state index >= 15 is 0 Å². The fourth-order valence-corrected chi connectivity index (χ4v) is 1.79. The molecular weight excluding hydrogens is 160 g/mol. The monoisotopic (exact) mass is 176 g/mol. The number of hydrogen-bond acceptors (Lipinski definition) is 1. The van der Waals surface area contributed by atoms with Crippen molar-refractivity contribution in [3.05, 3.63) is 35.4 Å². The third-order valence-corrected chi connectivity index (χ3v) is 2.68. The van der Waals surface area contributed by atoms with Crippen LogP contribution in [0, 0.1) is 12.8 Å². The molecule has 0 amide bonds. The van der Waals surface area contributed by atoms with Crippen LogP contribution in [0.15, 0.2) is 24.3 Å². The van der Waals surface area contributed by atoms with Crippen molar-refractivity contribution in [1.29, 1.82) is 0 Å². The summed E-state index contributed by atoms with van der Waals surface area (Å²) in [7, 11) is 0. The number of benzene rings is 1. The van der Waals surface area contributed by atoms with Gasteiger partial charge in [-0.2, -0.15) is 0 Å². The zero-order valence-electron chi connectivity index (χ0n) is 8.45. The third-order valence-electron chi connectivity index (χ3n) is 2.68. The van der Waals surface area contributed by atoms with Crippen LogP contribution in [0.1, 0.15) is 31.1 Å². The Balaban J connectivity index is 2.16. The topological polar surface area (TPSA) is 12.5 Å². The number of ether oxygens (including phenoxy) is 1. The quantitative estimate of drug-likeness (QED) is 0.631. The highest BCUT2D eigenvalue weighted by Gasteiger charge is 2.42. The molecule has 0 bridgehead atoms. The Labute approximate surface area is 79.7 Å². The summed E-state index contributed by atoms with van der Waals surface area (Å²) in [6.07, 6.45) is 0.808. The van der Waals surface area contributed by atoms with Gasteiger partial charge in [-0.15, -0.1) is 0 Å². The van der Waals surface area contributed by atoms with Gasteiger partial charge in [0.15, 0.2) is 0 Å². The van der Waals surface area contributed by atoms with Crippen LogP contribution < -0.4 is 0 Å². The molecule has 1 aliphatic heterocycles. The third kappa shape index (κ3) is 1.61. The van der Waals surface area contributed by atoms with E-state index in [0.29, 0.717) is 18.1 Å². The van der Waals surface area contributed by atoms with Crippen LogP contribution in [0.2, 0.25) is 0 Å². The zero-order chi connectivity index (χ0) is 9.42. The second kappa shape index (κ2) is 3.15. The maximum atomic E-state index is 5.65. The van der Waals surface area contributed by atoms with Crippen LogP contribution in [-0.2, 0) is 4.74 Å². The van der Waals surface area contributed by atoms with Crippen LogP contribution >= 0.6 is 0 Å². The summed E-state index contributed by atoms with van der Waals surface area (Å²) in [4.78, 5) is 0. The van der Waals surface area contributed by atoms with Gasteiger partial charge >= 0.3 is 0 Å². The molecule has 0 radical (unpaired) electrons. The Bertz CT molecular complexity index is 304. The Kier molecular flexibility index (Phi) is 2.12. The molecule has 2 rings (SSSR count). The van der Waals surface area contributed by atoms with Gasteiger partial charge in [0.25, 0.3) is 0 Å². The molecule has 1 aromatic rings. The van der Waals surface area contributed by atoms with Gasteiger partial charge in [0.1, 0.15) is 6.10 Å². The van der Waals surface area contributed by atoms with Gasteiger partial charge in [0, 0.05) is 0 Å². The summed E-state index contributed by atoms with van der Waals surface area (Å²) in [6.45, 7) is 6.57. The number of aryl methyl sites for hydroxylation is 1. The van der Waals surface area contributed by atoms with Crippen molar-refractivity contribution in [2.24, 2.45) is 5.92 Å². The minimum atomic E-state index is 0.362. The smallest absolute Gasteiger partial charge is 0.110 e. The first kappa shape index (κ1) is 8.76. The SMILES string of the molecule is Cc1ccccc1C1OC1C(C)C. The van der Waals surface area contributed by atoms with E-state index in [4.69, 9.17) is 4.74 Å². The summed E-state index contributed by atoms with van der Waals surface area (Å²) >= 11 is 0. The van der Waals surface area contributed by atoms with Crippen molar-refractivity contribution >= 4 is 0 Å². The number of rotatable bonds is 2. The molecule has 1 nitrogen and oxygen atoms in total. The van der Waals surface area contributed by atoms with E-state index in [0.717, 1.165) is 0 Å². The normalized spacial score (nSPS) is 26.5. The minimum absolute atomic E-state index is 0.362.